The second-order valence-corrected chi connectivity index (χ2v) is 4.20. The van der Waals surface area contributed by atoms with E-state index in [0.29, 0.717) is 30.9 Å². The molecule has 3 nitrogen and oxygen atoms in total. The number of hydrogen-bond acceptors (Lipinski definition) is 3. The molecule has 0 aromatic heterocycles. The van der Waals surface area contributed by atoms with E-state index in [1.165, 1.54) is 25.3 Å². The zero-order valence-electron chi connectivity index (χ0n) is 9.74. The molecule has 1 aliphatic rings. The number of methoxy groups -OCH3 is 1. The molecular weight excluding hydrogens is 223 g/mol. The minimum atomic E-state index is -0.420. The van der Waals surface area contributed by atoms with E-state index < -0.39 is 5.82 Å². The predicted octanol–water partition coefficient (Wildman–Crippen LogP) is 2.44. The lowest BCUT2D eigenvalue weighted by Crippen LogP contribution is -2.10. The fourth-order valence-corrected chi connectivity index (χ4v) is 2.01. The molecule has 17 heavy (non-hydrogen) atoms. The molecule has 0 N–H and O–H groups in total. The zero-order chi connectivity index (χ0) is 12.3. The SMILES string of the molecule is COc1ccc(F)cc1C(=O)CC1CCOC1. The lowest BCUT2D eigenvalue weighted by molar-refractivity contribution is 0.0949. The van der Waals surface area contributed by atoms with E-state index in [-0.39, 0.29) is 11.7 Å². The van der Waals surface area contributed by atoms with Gasteiger partial charge in [0.25, 0.3) is 0 Å². The number of hydrogen-bond donors (Lipinski definition) is 0. The minimum absolute atomic E-state index is 0.0862. The first kappa shape index (κ1) is 12.0. The first-order valence-corrected chi connectivity index (χ1v) is 5.65. The highest BCUT2D eigenvalue weighted by Gasteiger charge is 2.22. The molecule has 0 saturated carbocycles. The number of halogens is 1. The van der Waals surface area contributed by atoms with Gasteiger partial charge in [0.05, 0.1) is 12.7 Å². The largest absolute Gasteiger partial charge is 0.496 e. The number of benzene rings is 1. The highest BCUT2D eigenvalue weighted by atomic mass is 19.1. The molecule has 2 rings (SSSR count). The lowest BCUT2D eigenvalue weighted by atomic mass is 9.97. The summed E-state index contributed by atoms with van der Waals surface area (Å²) in [4.78, 5) is 12.0. The third kappa shape index (κ3) is 2.82. The average molecular weight is 238 g/mol. The summed E-state index contributed by atoms with van der Waals surface area (Å²) in [5.41, 5.74) is 0.319. The summed E-state index contributed by atoms with van der Waals surface area (Å²) in [5.74, 6) is 0.166. The van der Waals surface area contributed by atoms with Gasteiger partial charge < -0.3 is 9.47 Å². The number of carbonyl (C=O) groups is 1. The van der Waals surface area contributed by atoms with Crippen LogP contribution in [0.15, 0.2) is 18.2 Å². The van der Waals surface area contributed by atoms with E-state index in [2.05, 4.69) is 0 Å². The molecule has 1 heterocycles. The summed E-state index contributed by atoms with van der Waals surface area (Å²) in [7, 11) is 1.47. The van der Waals surface area contributed by atoms with Gasteiger partial charge in [0.15, 0.2) is 5.78 Å². The van der Waals surface area contributed by atoms with Gasteiger partial charge in [0.2, 0.25) is 0 Å². The Morgan fingerprint density at radius 2 is 2.41 bits per heavy atom. The molecule has 1 fully saturated rings. The maximum absolute atomic E-state index is 13.1. The highest BCUT2D eigenvalue weighted by Crippen LogP contribution is 2.25. The van der Waals surface area contributed by atoms with Gasteiger partial charge in [0, 0.05) is 19.6 Å². The van der Waals surface area contributed by atoms with Crippen LogP contribution in [0.3, 0.4) is 0 Å². The number of ketones is 1. The summed E-state index contributed by atoms with van der Waals surface area (Å²) in [5, 5.41) is 0. The van der Waals surface area contributed by atoms with E-state index in [9.17, 15) is 9.18 Å². The Kier molecular flexibility index (Phi) is 3.74. The van der Waals surface area contributed by atoms with Gasteiger partial charge in [-0.2, -0.15) is 0 Å². The normalized spacial score (nSPS) is 19.3. The molecule has 0 amide bonds. The van der Waals surface area contributed by atoms with E-state index in [1.54, 1.807) is 0 Å². The molecule has 1 aliphatic heterocycles. The quantitative estimate of drug-likeness (QED) is 0.756. The van der Waals surface area contributed by atoms with Crippen molar-refractivity contribution >= 4 is 5.78 Å². The number of rotatable bonds is 4. The van der Waals surface area contributed by atoms with E-state index in [1.807, 2.05) is 0 Å². The molecule has 4 heteroatoms. The van der Waals surface area contributed by atoms with Crippen LogP contribution in [0.5, 0.6) is 5.75 Å². The Morgan fingerprint density at radius 1 is 1.59 bits per heavy atom. The Labute approximate surface area is 99.5 Å². The zero-order valence-corrected chi connectivity index (χ0v) is 9.74. The predicted molar refractivity (Wildman–Crippen MR) is 60.8 cm³/mol. The van der Waals surface area contributed by atoms with Crippen LogP contribution in [-0.4, -0.2) is 26.1 Å². The summed E-state index contributed by atoms with van der Waals surface area (Å²) in [6.45, 7) is 1.32. The van der Waals surface area contributed by atoms with Gasteiger partial charge >= 0.3 is 0 Å². The van der Waals surface area contributed by atoms with Crippen LogP contribution in [0.25, 0.3) is 0 Å². The molecule has 1 saturated heterocycles. The maximum Gasteiger partial charge on any atom is 0.167 e. The molecular formula is C13H15FO3. The van der Waals surface area contributed by atoms with Crippen molar-refractivity contribution in [2.24, 2.45) is 5.92 Å². The summed E-state index contributed by atoms with van der Waals surface area (Å²) in [6, 6.07) is 4.00. The van der Waals surface area contributed by atoms with Crippen molar-refractivity contribution in [3.63, 3.8) is 0 Å². The van der Waals surface area contributed by atoms with Crippen molar-refractivity contribution in [2.45, 2.75) is 12.8 Å². The molecule has 1 atom stereocenters. The molecule has 0 bridgehead atoms. The van der Waals surface area contributed by atoms with Crippen LogP contribution >= 0.6 is 0 Å². The van der Waals surface area contributed by atoms with Crippen LogP contribution in [0.4, 0.5) is 4.39 Å². The maximum atomic E-state index is 13.1. The standard InChI is InChI=1S/C13H15FO3/c1-16-13-3-2-10(14)7-11(13)12(15)6-9-4-5-17-8-9/h2-3,7,9H,4-6,8H2,1H3. The number of Topliss-reactive ketones (excluding diaryl/α,β-unsaturated/α-hetero) is 1. The molecule has 0 spiro atoms. The van der Waals surface area contributed by atoms with Crippen molar-refractivity contribution < 1.29 is 18.7 Å². The first-order valence-electron chi connectivity index (χ1n) is 5.65. The highest BCUT2D eigenvalue weighted by molar-refractivity contribution is 5.98. The molecule has 1 unspecified atom stereocenters. The molecule has 1 aromatic carbocycles. The Hall–Kier alpha value is -1.42. The summed E-state index contributed by atoms with van der Waals surface area (Å²) >= 11 is 0. The fourth-order valence-electron chi connectivity index (χ4n) is 2.01. The van der Waals surface area contributed by atoms with Crippen LogP contribution in [0, 0.1) is 11.7 Å². The van der Waals surface area contributed by atoms with Crippen molar-refractivity contribution in [3.05, 3.63) is 29.6 Å². The van der Waals surface area contributed by atoms with Gasteiger partial charge in [-0.15, -0.1) is 0 Å². The Morgan fingerprint density at radius 3 is 3.06 bits per heavy atom. The molecule has 92 valence electrons. The number of ether oxygens (including phenoxy) is 2. The fraction of sp³-hybridized carbons (Fsp3) is 0.462. The minimum Gasteiger partial charge on any atom is -0.496 e. The molecule has 1 aromatic rings. The van der Waals surface area contributed by atoms with Crippen molar-refractivity contribution in [2.75, 3.05) is 20.3 Å². The van der Waals surface area contributed by atoms with Gasteiger partial charge in [-0.3, -0.25) is 4.79 Å². The average Bonchev–Trinajstić information content (AvgIpc) is 2.81. The monoisotopic (exact) mass is 238 g/mol. The lowest BCUT2D eigenvalue weighted by Gasteiger charge is -2.10. The van der Waals surface area contributed by atoms with Crippen LogP contribution in [-0.2, 0) is 4.74 Å². The van der Waals surface area contributed by atoms with Crippen molar-refractivity contribution in [1.82, 2.24) is 0 Å². The van der Waals surface area contributed by atoms with Crippen LogP contribution in [0.2, 0.25) is 0 Å². The first-order chi connectivity index (χ1) is 8.20. The summed E-state index contributed by atoms with van der Waals surface area (Å²) < 4.78 is 23.4. The van der Waals surface area contributed by atoms with Gasteiger partial charge in [-0.1, -0.05) is 0 Å². The topological polar surface area (TPSA) is 35.5 Å². The Bertz CT molecular complexity index is 411. The molecule has 0 aliphatic carbocycles. The van der Waals surface area contributed by atoms with E-state index in [0.717, 1.165) is 6.42 Å². The van der Waals surface area contributed by atoms with Gasteiger partial charge in [-0.25, -0.2) is 4.39 Å². The third-order valence-corrected chi connectivity index (χ3v) is 2.96. The van der Waals surface area contributed by atoms with Crippen LogP contribution < -0.4 is 4.74 Å². The number of carbonyl (C=O) groups excluding carboxylic acids is 1. The Balaban J connectivity index is 2.14. The molecule has 0 radical (unpaired) electrons. The van der Waals surface area contributed by atoms with Crippen molar-refractivity contribution in [1.29, 1.82) is 0 Å². The summed E-state index contributed by atoms with van der Waals surface area (Å²) in [6.07, 6.45) is 1.28. The van der Waals surface area contributed by atoms with E-state index in [4.69, 9.17) is 9.47 Å². The smallest absolute Gasteiger partial charge is 0.167 e. The van der Waals surface area contributed by atoms with E-state index >= 15 is 0 Å². The van der Waals surface area contributed by atoms with Gasteiger partial charge in [0.1, 0.15) is 11.6 Å². The second kappa shape index (κ2) is 5.27. The second-order valence-electron chi connectivity index (χ2n) is 4.20. The third-order valence-electron chi connectivity index (χ3n) is 2.96. The van der Waals surface area contributed by atoms with Crippen molar-refractivity contribution in [3.8, 4) is 5.75 Å². The van der Waals surface area contributed by atoms with Gasteiger partial charge in [-0.05, 0) is 30.5 Å². The van der Waals surface area contributed by atoms with Crippen LogP contribution in [0.1, 0.15) is 23.2 Å².